The summed E-state index contributed by atoms with van der Waals surface area (Å²) in [5, 5.41) is 0. The van der Waals surface area contributed by atoms with E-state index in [4.69, 9.17) is 4.74 Å². The summed E-state index contributed by atoms with van der Waals surface area (Å²) >= 11 is 0. The molecule has 0 atom stereocenters. The highest BCUT2D eigenvalue weighted by molar-refractivity contribution is 5.80. The summed E-state index contributed by atoms with van der Waals surface area (Å²) in [6.45, 7) is 4.35. The van der Waals surface area contributed by atoms with E-state index in [2.05, 4.69) is 11.3 Å². The quantitative estimate of drug-likeness (QED) is 0.406. The molecule has 0 aliphatic heterocycles. The highest BCUT2D eigenvalue weighted by atomic mass is 16.5. The molecule has 0 fully saturated rings. The van der Waals surface area contributed by atoms with Crippen molar-refractivity contribution in [3.63, 3.8) is 0 Å². The minimum Gasteiger partial charge on any atom is -0.377 e. The molecular weight excluding hydrogens is 144 g/mol. The van der Waals surface area contributed by atoms with Gasteiger partial charge in [0, 0.05) is 7.11 Å². The number of methoxy groups -OCH3 is 1. The maximum absolute atomic E-state index is 10.7. The number of rotatable bonds is 7. The molecule has 0 N–H and O–H groups in total. The Kier molecular flexibility index (Phi) is 6.98. The third-order valence-corrected chi connectivity index (χ3v) is 1.03. The van der Waals surface area contributed by atoms with Crippen LogP contribution >= 0.6 is 0 Å². The second-order valence-electron chi connectivity index (χ2n) is 2.10. The zero-order chi connectivity index (χ0) is 8.53. The molecule has 0 bridgehead atoms. The van der Waals surface area contributed by atoms with E-state index in [1.807, 2.05) is 0 Å². The number of Topliss-reactive ketones (excluding diaryl/α,β-unsaturated/α-hetero) is 1. The second kappa shape index (κ2) is 7.44. The minimum atomic E-state index is -0.0310. The average Bonchev–Trinajstić information content (AvgIpc) is 1.99. The van der Waals surface area contributed by atoms with Gasteiger partial charge in [-0.05, 0) is 6.42 Å². The highest BCUT2D eigenvalue weighted by Crippen LogP contribution is 1.84. The Morgan fingerprint density at radius 3 is 2.82 bits per heavy atom. The molecular formula is C8H14O3. The summed E-state index contributed by atoms with van der Waals surface area (Å²) in [6, 6.07) is 0. The van der Waals surface area contributed by atoms with Crippen LogP contribution in [0.1, 0.15) is 6.42 Å². The fraction of sp³-hybridized carbons (Fsp3) is 0.625. The summed E-state index contributed by atoms with van der Waals surface area (Å²) in [7, 11) is 1.49. The van der Waals surface area contributed by atoms with Crippen LogP contribution in [0.25, 0.3) is 0 Å². The van der Waals surface area contributed by atoms with Gasteiger partial charge in [0.1, 0.15) is 13.2 Å². The summed E-state index contributed by atoms with van der Waals surface area (Å²) in [4.78, 5) is 10.7. The van der Waals surface area contributed by atoms with Gasteiger partial charge in [0.15, 0.2) is 5.78 Å². The van der Waals surface area contributed by atoms with Crippen molar-refractivity contribution in [1.29, 1.82) is 0 Å². The Morgan fingerprint density at radius 2 is 2.27 bits per heavy atom. The average molecular weight is 158 g/mol. The molecule has 0 spiro atoms. The zero-order valence-corrected chi connectivity index (χ0v) is 6.84. The third kappa shape index (κ3) is 7.22. The van der Waals surface area contributed by atoms with Crippen molar-refractivity contribution < 1.29 is 14.3 Å². The van der Waals surface area contributed by atoms with E-state index >= 15 is 0 Å². The Hall–Kier alpha value is -0.670. The maximum Gasteiger partial charge on any atom is 0.183 e. The van der Waals surface area contributed by atoms with E-state index in [1.165, 1.54) is 7.11 Å². The lowest BCUT2D eigenvalue weighted by Gasteiger charge is -1.99. The first kappa shape index (κ1) is 10.3. The SMILES string of the molecule is C=CCCOCC(=O)COC. The molecule has 11 heavy (non-hydrogen) atoms. The van der Waals surface area contributed by atoms with Crippen molar-refractivity contribution in [2.24, 2.45) is 0 Å². The van der Waals surface area contributed by atoms with Gasteiger partial charge < -0.3 is 9.47 Å². The predicted octanol–water partition coefficient (Wildman–Crippen LogP) is 0.795. The van der Waals surface area contributed by atoms with Gasteiger partial charge >= 0.3 is 0 Å². The summed E-state index contributed by atoms with van der Waals surface area (Å²) in [5.41, 5.74) is 0. The number of ether oxygens (including phenoxy) is 2. The lowest BCUT2D eigenvalue weighted by Crippen LogP contribution is -2.14. The van der Waals surface area contributed by atoms with E-state index in [9.17, 15) is 4.79 Å². The molecule has 0 saturated heterocycles. The molecule has 3 nitrogen and oxygen atoms in total. The van der Waals surface area contributed by atoms with Crippen LogP contribution in [0.15, 0.2) is 12.7 Å². The Bertz CT molecular complexity index is 121. The molecule has 0 saturated carbocycles. The van der Waals surface area contributed by atoms with E-state index in [0.717, 1.165) is 6.42 Å². The second-order valence-corrected chi connectivity index (χ2v) is 2.10. The lowest BCUT2D eigenvalue weighted by molar-refractivity contribution is -0.127. The van der Waals surface area contributed by atoms with E-state index < -0.39 is 0 Å². The third-order valence-electron chi connectivity index (χ3n) is 1.03. The van der Waals surface area contributed by atoms with Crippen molar-refractivity contribution in [3.05, 3.63) is 12.7 Å². The number of hydrogen-bond acceptors (Lipinski definition) is 3. The molecule has 0 rings (SSSR count). The van der Waals surface area contributed by atoms with Gasteiger partial charge in [-0.15, -0.1) is 6.58 Å². The first-order chi connectivity index (χ1) is 5.31. The van der Waals surface area contributed by atoms with E-state index in [-0.39, 0.29) is 19.0 Å². The molecule has 0 heterocycles. The Balaban J connectivity index is 3.10. The maximum atomic E-state index is 10.7. The first-order valence-corrected chi connectivity index (χ1v) is 3.50. The van der Waals surface area contributed by atoms with Crippen molar-refractivity contribution in [2.75, 3.05) is 26.9 Å². The predicted molar refractivity (Wildman–Crippen MR) is 42.5 cm³/mol. The van der Waals surface area contributed by atoms with Crippen LogP contribution < -0.4 is 0 Å². The Morgan fingerprint density at radius 1 is 1.55 bits per heavy atom. The Labute approximate surface area is 67.0 Å². The van der Waals surface area contributed by atoms with Crippen molar-refractivity contribution in [1.82, 2.24) is 0 Å². The van der Waals surface area contributed by atoms with Gasteiger partial charge in [-0.1, -0.05) is 6.08 Å². The largest absolute Gasteiger partial charge is 0.377 e. The molecule has 3 heteroatoms. The van der Waals surface area contributed by atoms with Crippen LogP contribution in [-0.2, 0) is 14.3 Å². The molecule has 64 valence electrons. The first-order valence-electron chi connectivity index (χ1n) is 3.50. The molecule has 0 aliphatic rings. The number of hydrogen-bond donors (Lipinski definition) is 0. The van der Waals surface area contributed by atoms with E-state index in [0.29, 0.717) is 6.61 Å². The number of carbonyl (C=O) groups is 1. The molecule has 0 aromatic heterocycles. The van der Waals surface area contributed by atoms with Crippen LogP contribution in [0.2, 0.25) is 0 Å². The summed E-state index contributed by atoms with van der Waals surface area (Å²) in [5.74, 6) is -0.0310. The van der Waals surface area contributed by atoms with Crippen molar-refractivity contribution in [2.45, 2.75) is 6.42 Å². The number of ketones is 1. The highest BCUT2D eigenvalue weighted by Gasteiger charge is 1.98. The fourth-order valence-corrected chi connectivity index (χ4v) is 0.555. The molecule has 0 amide bonds. The normalized spacial score (nSPS) is 9.55. The van der Waals surface area contributed by atoms with Crippen molar-refractivity contribution in [3.8, 4) is 0 Å². The lowest BCUT2D eigenvalue weighted by atomic mass is 10.4. The van der Waals surface area contributed by atoms with Gasteiger partial charge in [0.2, 0.25) is 0 Å². The monoisotopic (exact) mass is 158 g/mol. The van der Waals surface area contributed by atoms with Gasteiger partial charge in [0.05, 0.1) is 6.61 Å². The molecule has 0 radical (unpaired) electrons. The van der Waals surface area contributed by atoms with Crippen LogP contribution in [0, 0.1) is 0 Å². The van der Waals surface area contributed by atoms with Gasteiger partial charge in [-0.25, -0.2) is 0 Å². The van der Waals surface area contributed by atoms with E-state index in [1.54, 1.807) is 6.08 Å². The van der Waals surface area contributed by atoms with Crippen LogP contribution in [-0.4, -0.2) is 32.7 Å². The van der Waals surface area contributed by atoms with Crippen LogP contribution in [0.3, 0.4) is 0 Å². The van der Waals surface area contributed by atoms with Gasteiger partial charge in [0.25, 0.3) is 0 Å². The van der Waals surface area contributed by atoms with Crippen LogP contribution in [0.5, 0.6) is 0 Å². The minimum absolute atomic E-state index is 0.0310. The van der Waals surface area contributed by atoms with Gasteiger partial charge in [-0.2, -0.15) is 0 Å². The molecule has 0 unspecified atom stereocenters. The number of carbonyl (C=O) groups excluding carboxylic acids is 1. The van der Waals surface area contributed by atoms with Gasteiger partial charge in [-0.3, -0.25) is 4.79 Å². The zero-order valence-electron chi connectivity index (χ0n) is 6.84. The molecule has 0 aromatic carbocycles. The topological polar surface area (TPSA) is 35.5 Å². The summed E-state index contributed by atoms with van der Waals surface area (Å²) < 4.78 is 9.60. The fourth-order valence-electron chi connectivity index (χ4n) is 0.555. The van der Waals surface area contributed by atoms with Crippen LogP contribution in [0.4, 0.5) is 0 Å². The molecule has 0 aliphatic carbocycles. The summed E-state index contributed by atoms with van der Waals surface area (Å²) in [6.07, 6.45) is 2.53. The smallest absolute Gasteiger partial charge is 0.183 e. The molecule has 0 aromatic rings. The standard InChI is InChI=1S/C8H14O3/c1-3-4-5-11-7-8(9)6-10-2/h3H,1,4-7H2,2H3. The van der Waals surface area contributed by atoms with Crippen molar-refractivity contribution >= 4 is 5.78 Å².